The van der Waals surface area contributed by atoms with Gasteiger partial charge in [-0.1, -0.05) is 6.07 Å². The Morgan fingerprint density at radius 2 is 2.19 bits per heavy atom. The fourth-order valence-electron chi connectivity index (χ4n) is 1.53. The molecular weight excluding hydrogens is 286 g/mol. The van der Waals surface area contributed by atoms with Crippen molar-refractivity contribution >= 4 is 33.4 Å². The van der Waals surface area contributed by atoms with Gasteiger partial charge >= 0.3 is 0 Å². The Morgan fingerprint density at radius 1 is 1.50 bits per heavy atom. The first-order valence-electron chi connectivity index (χ1n) is 5.21. The van der Waals surface area contributed by atoms with Gasteiger partial charge in [-0.15, -0.1) is 0 Å². The van der Waals surface area contributed by atoms with Crippen molar-refractivity contribution in [2.75, 3.05) is 24.0 Å². The van der Waals surface area contributed by atoms with Gasteiger partial charge in [0, 0.05) is 23.3 Å². The summed E-state index contributed by atoms with van der Waals surface area (Å²) in [5.41, 5.74) is 2.10. The van der Waals surface area contributed by atoms with Crippen molar-refractivity contribution in [1.29, 1.82) is 0 Å². The average Bonchev–Trinajstić information content (AvgIpc) is 2.28. The van der Waals surface area contributed by atoms with Gasteiger partial charge in [-0.25, -0.2) is 0 Å². The van der Waals surface area contributed by atoms with Crippen LogP contribution in [-0.2, 0) is 6.61 Å². The van der Waals surface area contributed by atoms with Crippen LogP contribution >= 0.6 is 27.7 Å². The fourth-order valence-corrected chi connectivity index (χ4v) is 2.94. The number of rotatable bonds is 5. The molecule has 0 aliphatic rings. The van der Waals surface area contributed by atoms with Gasteiger partial charge in [0.1, 0.15) is 0 Å². The standard InChI is InChI=1S/C12H18BrNOS/c1-9(8-16-3)14(2)12-5-4-10(7-15)6-11(12)13/h4-6,9,15H,7-8H2,1-3H3. The number of hydrogen-bond acceptors (Lipinski definition) is 3. The number of benzene rings is 1. The molecule has 16 heavy (non-hydrogen) atoms. The van der Waals surface area contributed by atoms with Crippen LogP contribution in [0.4, 0.5) is 5.69 Å². The molecule has 1 aromatic carbocycles. The molecule has 0 saturated heterocycles. The predicted molar refractivity (Wildman–Crippen MR) is 76.3 cm³/mol. The van der Waals surface area contributed by atoms with E-state index in [1.165, 1.54) is 5.69 Å². The third-order valence-corrected chi connectivity index (χ3v) is 4.09. The first-order valence-corrected chi connectivity index (χ1v) is 7.40. The monoisotopic (exact) mass is 303 g/mol. The van der Waals surface area contributed by atoms with Crippen molar-refractivity contribution in [3.05, 3.63) is 28.2 Å². The second-order valence-electron chi connectivity index (χ2n) is 3.86. The second-order valence-corrected chi connectivity index (χ2v) is 5.62. The number of aliphatic hydroxyl groups excluding tert-OH is 1. The van der Waals surface area contributed by atoms with Crippen LogP contribution in [0.15, 0.2) is 22.7 Å². The first kappa shape index (κ1) is 13.9. The minimum absolute atomic E-state index is 0.0863. The minimum Gasteiger partial charge on any atom is -0.392 e. The summed E-state index contributed by atoms with van der Waals surface area (Å²) < 4.78 is 1.04. The van der Waals surface area contributed by atoms with Crippen LogP contribution in [0.5, 0.6) is 0 Å². The van der Waals surface area contributed by atoms with E-state index in [9.17, 15) is 0 Å². The van der Waals surface area contributed by atoms with Gasteiger partial charge in [0.05, 0.1) is 12.3 Å². The second kappa shape index (κ2) is 6.52. The van der Waals surface area contributed by atoms with Crippen LogP contribution in [-0.4, -0.2) is 30.2 Å². The van der Waals surface area contributed by atoms with Gasteiger partial charge in [-0.05, 0) is 46.8 Å². The number of anilines is 1. The molecule has 4 heteroatoms. The van der Waals surface area contributed by atoms with E-state index < -0.39 is 0 Å². The van der Waals surface area contributed by atoms with Crippen LogP contribution in [0.3, 0.4) is 0 Å². The van der Waals surface area contributed by atoms with Crippen LogP contribution in [0, 0.1) is 0 Å². The van der Waals surface area contributed by atoms with Gasteiger partial charge in [0.2, 0.25) is 0 Å². The van der Waals surface area contributed by atoms with E-state index in [2.05, 4.69) is 41.1 Å². The summed E-state index contributed by atoms with van der Waals surface area (Å²) in [5.74, 6) is 1.10. The minimum atomic E-state index is 0.0863. The van der Waals surface area contributed by atoms with Crippen LogP contribution < -0.4 is 4.90 Å². The van der Waals surface area contributed by atoms with Gasteiger partial charge in [0.25, 0.3) is 0 Å². The van der Waals surface area contributed by atoms with Crippen LogP contribution in [0.25, 0.3) is 0 Å². The maximum atomic E-state index is 9.05. The molecule has 0 radical (unpaired) electrons. The lowest BCUT2D eigenvalue weighted by molar-refractivity contribution is 0.282. The molecule has 90 valence electrons. The van der Waals surface area contributed by atoms with Gasteiger partial charge in [-0.3, -0.25) is 0 Å². The number of nitrogens with zero attached hydrogens (tertiary/aromatic N) is 1. The molecule has 1 aromatic rings. The lowest BCUT2D eigenvalue weighted by Crippen LogP contribution is -2.31. The van der Waals surface area contributed by atoms with E-state index in [0.717, 1.165) is 15.8 Å². The lowest BCUT2D eigenvalue weighted by atomic mass is 10.2. The van der Waals surface area contributed by atoms with Crippen molar-refractivity contribution < 1.29 is 5.11 Å². The Kier molecular flexibility index (Phi) is 5.66. The van der Waals surface area contributed by atoms with Crippen LogP contribution in [0.2, 0.25) is 0 Å². The lowest BCUT2D eigenvalue weighted by Gasteiger charge is -2.27. The molecule has 0 bridgehead atoms. The number of hydrogen-bond donors (Lipinski definition) is 1. The third-order valence-electron chi connectivity index (χ3n) is 2.64. The first-order chi connectivity index (χ1) is 7.60. The molecule has 0 heterocycles. The number of halogens is 1. The van der Waals surface area contributed by atoms with E-state index in [1.807, 2.05) is 30.0 Å². The molecule has 1 N–H and O–H groups in total. The smallest absolute Gasteiger partial charge is 0.0682 e. The van der Waals surface area contributed by atoms with E-state index in [1.54, 1.807) is 0 Å². The Bertz CT molecular complexity index is 346. The van der Waals surface area contributed by atoms with E-state index in [4.69, 9.17) is 5.11 Å². The molecule has 0 fully saturated rings. The Balaban J connectivity index is 2.87. The maximum absolute atomic E-state index is 9.05. The van der Waals surface area contributed by atoms with E-state index in [0.29, 0.717) is 6.04 Å². The molecule has 0 aliphatic heterocycles. The quantitative estimate of drug-likeness (QED) is 0.904. The Hall–Kier alpha value is -0.190. The highest BCUT2D eigenvalue weighted by Crippen LogP contribution is 2.28. The zero-order chi connectivity index (χ0) is 12.1. The summed E-state index contributed by atoms with van der Waals surface area (Å²) in [7, 11) is 2.10. The molecule has 0 aromatic heterocycles. The zero-order valence-corrected chi connectivity index (χ0v) is 12.3. The molecule has 1 rings (SSSR count). The molecule has 1 atom stereocenters. The SMILES string of the molecule is CSCC(C)N(C)c1ccc(CO)cc1Br. The summed E-state index contributed by atoms with van der Waals surface area (Å²) >= 11 is 5.40. The number of aliphatic hydroxyl groups is 1. The highest BCUT2D eigenvalue weighted by atomic mass is 79.9. The van der Waals surface area contributed by atoms with Gasteiger partial charge in [0.15, 0.2) is 0 Å². The number of thioether (sulfide) groups is 1. The normalized spacial score (nSPS) is 12.6. The van der Waals surface area contributed by atoms with Crippen LogP contribution in [0.1, 0.15) is 12.5 Å². The van der Waals surface area contributed by atoms with Crippen molar-refractivity contribution in [2.24, 2.45) is 0 Å². The maximum Gasteiger partial charge on any atom is 0.0682 e. The van der Waals surface area contributed by atoms with Crippen molar-refractivity contribution in [1.82, 2.24) is 0 Å². The molecule has 0 spiro atoms. The average molecular weight is 304 g/mol. The molecule has 0 saturated carbocycles. The Morgan fingerprint density at radius 3 is 2.69 bits per heavy atom. The van der Waals surface area contributed by atoms with Gasteiger partial charge < -0.3 is 10.0 Å². The molecule has 0 aliphatic carbocycles. The van der Waals surface area contributed by atoms with Crippen molar-refractivity contribution in [2.45, 2.75) is 19.6 Å². The van der Waals surface area contributed by atoms with Crippen molar-refractivity contribution in [3.63, 3.8) is 0 Å². The topological polar surface area (TPSA) is 23.5 Å². The summed E-state index contributed by atoms with van der Waals surface area (Å²) in [5, 5.41) is 9.05. The summed E-state index contributed by atoms with van der Waals surface area (Å²) in [4.78, 5) is 2.25. The van der Waals surface area contributed by atoms with E-state index in [-0.39, 0.29) is 6.61 Å². The van der Waals surface area contributed by atoms with Gasteiger partial charge in [-0.2, -0.15) is 11.8 Å². The largest absolute Gasteiger partial charge is 0.392 e. The highest BCUT2D eigenvalue weighted by Gasteiger charge is 2.12. The van der Waals surface area contributed by atoms with E-state index >= 15 is 0 Å². The third kappa shape index (κ3) is 3.40. The Labute approximate surface area is 110 Å². The summed E-state index contributed by atoms with van der Waals surface area (Å²) in [6.45, 7) is 2.30. The molecule has 0 amide bonds. The van der Waals surface area contributed by atoms with Crippen molar-refractivity contribution in [3.8, 4) is 0 Å². The predicted octanol–water partition coefficient (Wildman–Crippen LogP) is 3.13. The molecular formula is C12H18BrNOS. The zero-order valence-electron chi connectivity index (χ0n) is 9.90. The fraction of sp³-hybridized carbons (Fsp3) is 0.500. The highest BCUT2D eigenvalue weighted by molar-refractivity contribution is 9.10. The summed E-state index contributed by atoms with van der Waals surface area (Å²) in [6, 6.07) is 6.47. The summed E-state index contributed by atoms with van der Waals surface area (Å²) in [6.07, 6.45) is 2.12. The molecule has 2 nitrogen and oxygen atoms in total. The molecule has 1 unspecified atom stereocenters.